The number of hydrogen-bond acceptors (Lipinski definition) is 3. The number of anilines is 2. The van der Waals surface area contributed by atoms with Crippen LogP contribution >= 0.6 is 11.6 Å². The number of benzene rings is 2. The molecule has 1 heterocycles. The first-order valence-corrected chi connectivity index (χ1v) is 9.60. The Hall–Kier alpha value is -2.37. The third-order valence-electron chi connectivity index (χ3n) is 4.74. The summed E-state index contributed by atoms with van der Waals surface area (Å²) in [5.74, 6) is -0.0825. The summed E-state index contributed by atoms with van der Waals surface area (Å²) in [6.45, 7) is 2.49. The van der Waals surface area contributed by atoms with E-state index in [0.717, 1.165) is 23.2 Å². The van der Waals surface area contributed by atoms with E-state index in [1.807, 2.05) is 49.4 Å². The average Bonchev–Trinajstić information content (AvgIpc) is 2.66. The Kier molecular flexibility index (Phi) is 6.14. The Labute approximate surface area is 164 Å². The molecule has 0 spiro atoms. The van der Waals surface area contributed by atoms with Crippen molar-refractivity contribution in [3.05, 3.63) is 58.6 Å². The zero-order chi connectivity index (χ0) is 19.4. The Morgan fingerprint density at radius 1 is 1.22 bits per heavy atom. The number of halogens is 1. The van der Waals surface area contributed by atoms with Crippen LogP contribution < -0.4 is 16.0 Å². The molecule has 2 amide bonds. The molecule has 0 aliphatic carbocycles. The summed E-state index contributed by atoms with van der Waals surface area (Å²) in [5, 5.41) is 3.55. The van der Waals surface area contributed by atoms with Gasteiger partial charge in [0, 0.05) is 22.8 Å². The molecule has 6 heteroatoms. The number of carbonyl (C=O) groups excluding carboxylic acids is 2. The maximum Gasteiger partial charge on any atom is 0.241 e. The van der Waals surface area contributed by atoms with Gasteiger partial charge < -0.3 is 16.0 Å². The highest BCUT2D eigenvalue weighted by molar-refractivity contribution is 6.30. The molecule has 5 nitrogen and oxygen atoms in total. The number of hydrogen-bond donors (Lipinski definition) is 2. The summed E-state index contributed by atoms with van der Waals surface area (Å²) < 4.78 is 0. The highest BCUT2D eigenvalue weighted by atomic mass is 35.5. The van der Waals surface area contributed by atoms with Gasteiger partial charge in [-0.25, -0.2) is 0 Å². The fourth-order valence-electron chi connectivity index (χ4n) is 3.26. The van der Waals surface area contributed by atoms with Crippen molar-refractivity contribution in [3.8, 4) is 0 Å². The first-order valence-electron chi connectivity index (χ1n) is 9.22. The van der Waals surface area contributed by atoms with Crippen molar-refractivity contribution in [3.63, 3.8) is 0 Å². The number of aryl methyl sites for hydroxylation is 1. The molecule has 0 bridgehead atoms. The fraction of sp³-hybridized carbons (Fsp3) is 0.333. The van der Waals surface area contributed by atoms with E-state index in [2.05, 4.69) is 5.32 Å². The standard InChI is InChI=1S/C21H24ClN3O2/c1-2-3-18(23)21(27)24-17-9-10-19-15(12-17)6-11-20(26)25(19)13-14-4-7-16(22)8-5-14/h4-5,7-10,12,18H,2-3,6,11,13,23H2,1H3,(H,24,27). The summed E-state index contributed by atoms with van der Waals surface area (Å²) in [6.07, 6.45) is 2.63. The predicted octanol–water partition coefficient (Wildman–Crippen LogP) is 3.89. The van der Waals surface area contributed by atoms with Crippen LogP contribution in [-0.2, 0) is 22.6 Å². The van der Waals surface area contributed by atoms with Crippen LogP contribution in [0.3, 0.4) is 0 Å². The van der Waals surface area contributed by atoms with E-state index in [1.165, 1.54) is 0 Å². The van der Waals surface area contributed by atoms with E-state index in [9.17, 15) is 9.59 Å². The van der Waals surface area contributed by atoms with E-state index in [4.69, 9.17) is 17.3 Å². The quantitative estimate of drug-likeness (QED) is 0.792. The van der Waals surface area contributed by atoms with Crippen LogP contribution in [-0.4, -0.2) is 17.9 Å². The second-order valence-electron chi connectivity index (χ2n) is 6.83. The highest BCUT2D eigenvalue weighted by Gasteiger charge is 2.25. The summed E-state index contributed by atoms with van der Waals surface area (Å²) >= 11 is 5.94. The van der Waals surface area contributed by atoms with Gasteiger partial charge in [-0.15, -0.1) is 0 Å². The topological polar surface area (TPSA) is 75.4 Å². The lowest BCUT2D eigenvalue weighted by molar-refractivity contribution is -0.119. The Bertz CT molecular complexity index is 836. The largest absolute Gasteiger partial charge is 0.325 e. The molecule has 1 aliphatic heterocycles. The van der Waals surface area contributed by atoms with Crippen LogP contribution in [0, 0.1) is 0 Å². The van der Waals surface area contributed by atoms with Gasteiger partial charge in [-0.05, 0) is 54.3 Å². The van der Waals surface area contributed by atoms with Crippen LogP contribution in [0.25, 0.3) is 0 Å². The number of rotatable bonds is 6. The summed E-state index contributed by atoms with van der Waals surface area (Å²) in [7, 11) is 0. The molecular formula is C21H24ClN3O2. The minimum atomic E-state index is -0.506. The predicted molar refractivity (Wildman–Crippen MR) is 109 cm³/mol. The van der Waals surface area contributed by atoms with E-state index < -0.39 is 6.04 Å². The van der Waals surface area contributed by atoms with Crippen LogP contribution in [0.5, 0.6) is 0 Å². The minimum absolute atomic E-state index is 0.0965. The molecule has 2 aromatic carbocycles. The van der Waals surface area contributed by atoms with Crippen LogP contribution in [0.2, 0.25) is 5.02 Å². The first-order chi connectivity index (χ1) is 13.0. The molecule has 3 N–H and O–H groups in total. The van der Waals surface area contributed by atoms with Gasteiger partial charge >= 0.3 is 0 Å². The molecule has 27 heavy (non-hydrogen) atoms. The van der Waals surface area contributed by atoms with Crippen molar-refractivity contribution in [2.24, 2.45) is 5.73 Å². The van der Waals surface area contributed by atoms with E-state index in [0.29, 0.717) is 36.5 Å². The van der Waals surface area contributed by atoms with Gasteiger partial charge in [0.2, 0.25) is 11.8 Å². The first kappa shape index (κ1) is 19.4. The van der Waals surface area contributed by atoms with Gasteiger partial charge in [-0.3, -0.25) is 9.59 Å². The Morgan fingerprint density at radius 2 is 1.96 bits per heavy atom. The number of nitrogens with one attached hydrogen (secondary N) is 1. The van der Waals surface area contributed by atoms with E-state index >= 15 is 0 Å². The average molecular weight is 386 g/mol. The molecule has 1 aliphatic rings. The summed E-state index contributed by atoms with van der Waals surface area (Å²) in [4.78, 5) is 26.4. The third-order valence-corrected chi connectivity index (χ3v) is 4.99. The zero-order valence-electron chi connectivity index (χ0n) is 15.4. The molecule has 0 aromatic heterocycles. The van der Waals surface area contributed by atoms with Crippen molar-refractivity contribution >= 4 is 34.8 Å². The number of amides is 2. The number of nitrogens with zero attached hydrogens (tertiary/aromatic N) is 1. The molecule has 0 radical (unpaired) electrons. The summed E-state index contributed by atoms with van der Waals surface area (Å²) in [6, 6.07) is 12.6. The van der Waals surface area contributed by atoms with Gasteiger partial charge in [0.1, 0.15) is 0 Å². The second kappa shape index (κ2) is 8.55. The second-order valence-corrected chi connectivity index (χ2v) is 7.27. The number of nitrogens with two attached hydrogens (primary N) is 1. The molecule has 2 aromatic rings. The number of carbonyl (C=O) groups is 2. The van der Waals surface area contributed by atoms with Crippen molar-refractivity contribution in [2.75, 3.05) is 10.2 Å². The van der Waals surface area contributed by atoms with Crippen molar-refractivity contribution in [1.29, 1.82) is 0 Å². The lowest BCUT2D eigenvalue weighted by Gasteiger charge is -2.30. The van der Waals surface area contributed by atoms with Crippen molar-refractivity contribution in [1.82, 2.24) is 0 Å². The highest BCUT2D eigenvalue weighted by Crippen LogP contribution is 2.31. The molecule has 1 atom stereocenters. The van der Waals surface area contributed by atoms with Gasteiger partial charge in [0.25, 0.3) is 0 Å². The van der Waals surface area contributed by atoms with Crippen LogP contribution in [0.1, 0.15) is 37.3 Å². The fourth-order valence-corrected chi connectivity index (χ4v) is 3.39. The Balaban J connectivity index is 1.78. The van der Waals surface area contributed by atoms with Gasteiger partial charge in [0.15, 0.2) is 0 Å². The van der Waals surface area contributed by atoms with E-state index in [-0.39, 0.29) is 11.8 Å². The third kappa shape index (κ3) is 4.67. The summed E-state index contributed by atoms with van der Waals surface area (Å²) in [5.41, 5.74) is 9.54. The molecule has 0 saturated heterocycles. The molecule has 3 rings (SSSR count). The maximum absolute atomic E-state index is 12.5. The van der Waals surface area contributed by atoms with Gasteiger partial charge in [0.05, 0.1) is 12.6 Å². The van der Waals surface area contributed by atoms with Crippen molar-refractivity contribution in [2.45, 2.75) is 45.2 Å². The van der Waals surface area contributed by atoms with Crippen LogP contribution in [0.15, 0.2) is 42.5 Å². The smallest absolute Gasteiger partial charge is 0.241 e. The molecule has 1 unspecified atom stereocenters. The number of fused-ring (bicyclic) bond motifs is 1. The molecule has 0 saturated carbocycles. The zero-order valence-corrected chi connectivity index (χ0v) is 16.1. The molecular weight excluding hydrogens is 362 g/mol. The molecule has 142 valence electrons. The van der Waals surface area contributed by atoms with Crippen molar-refractivity contribution < 1.29 is 9.59 Å². The van der Waals surface area contributed by atoms with Gasteiger partial charge in [-0.1, -0.05) is 37.1 Å². The maximum atomic E-state index is 12.5. The normalized spacial score (nSPS) is 14.6. The monoisotopic (exact) mass is 385 g/mol. The van der Waals surface area contributed by atoms with E-state index in [1.54, 1.807) is 4.90 Å². The lowest BCUT2D eigenvalue weighted by Crippen LogP contribution is -2.36. The van der Waals surface area contributed by atoms with Gasteiger partial charge in [-0.2, -0.15) is 0 Å². The minimum Gasteiger partial charge on any atom is -0.325 e. The van der Waals surface area contributed by atoms with Crippen LogP contribution in [0.4, 0.5) is 11.4 Å². The Morgan fingerprint density at radius 3 is 2.67 bits per heavy atom. The SMILES string of the molecule is CCCC(N)C(=O)Nc1ccc2c(c1)CCC(=O)N2Cc1ccc(Cl)cc1. The molecule has 0 fully saturated rings. The lowest BCUT2D eigenvalue weighted by atomic mass is 9.99.